The number of aromatic nitrogens is 3. The van der Waals surface area contributed by atoms with Crippen molar-refractivity contribution in [3.63, 3.8) is 0 Å². The predicted molar refractivity (Wildman–Crippen MR) is 57.2 cm³/mol. The molecular formula is C11H12N4. The van der Waals surface area contributed by atoms with E-state index in [1.54, 1.807) is 24.7 Å². The van der Waals surface area contributed by atoms with E-state index in [0.717, 1.165) is 11.5 Å². The summed E-state index contributed by atoms with van der Waals surface area (Å²) in [5.74, 6) is 0.700. The van der Waals surface area contributed by atoms with Gasteiger partial charge in [0, 0.05) is 25.1 Å². The first-order valence-corrected chi connectivity index (χ1v) is 4.79. The quantitative estimate of drug-likeness (QED) is 0.801. The average Bonchev–Trinajstić information content (AvgIpc) is 2.33. The van der Waals surface area contributed by atoms with Crippen LogP contribution < -0.4 is 5.73 Å². The highest BCUT2D eigenvalue weighted by Gasteiger charge is 2.15. The zero-order valence-electron chi connectivity index (χ0n) is 8.24. The Bertz CT molecular complexity index is 362. The number of hydrogen-bond acceptors (Lipinski definition) is 4. The van der Waals surface area contributed by atoms with Gasteiger partial charge >= 0.3 is 0 Å². The second kappa shape index (κ2) is 4.61. The standard InChI is InChI=1S/C11H12N4/c12-8-9(10-4-1-2-5-13-10)11-14-6-3-7-15-11/h1-7,9H,8,12H2. The summed E-state index contributed by atoms with van der Waals surface area (Å²) in [6, 6.07) is 7.54. The molecular weight excluding hydrogens is 188 g/mol. The zero-order chi connectivity index (χ0) is 10.5. The van der Waals surface area contributed by atoms with Crippen molar-refractivity contribution in [1.29, 1.82) is 0 Å². The molecule has 2 aromatic rings. The van der Waals surface area contributed by atoms with Gasteiger partial charge in [-0.15, -0.1) is 0 Å². The van der Waals surface area contributed by atoms with Crippen LogP contribution in [0.4, 0.5) is 0 Å². The Labute approximate surface area is 88.2 Å². The number of nitrogens with two attached hydrogens (primary N) is 1. The van der Waals surface area contributed by atoms with E-state index in [9.17, 15) is 0 Å². The van der Waals surface area contributed by atoms with Crippen LogP contribution in [0, 0.1) is 0 Å². The smallest absolute Gasteiger partial charge is 0.138 e. The van der Waals surface area contributed by atoms with Gasteiger partial charge < -0.3 is 5.73 Å². The third-order valence-corrected chi connectivity index (χ3v) is 2.18. The van der Waals surface area contributed by atoms with Crippen molar-refractivity contribution in [3.8, 4) is 0 Å². The van der Waals surface area contributed by atoms with E-state index in [-0.39, 0.29) is 5.92 Å². The van der Waals surface area contributed by atoms with Crippen molar-refractivity contribution in [2.45, 2.75) is 5.92 Å². The van der Waals surface area contributed by atoms with Crippen LogP contribution in [0.25, 0.3) is 0 Å². The minimum absolute atomic E-state index is 0.0209. The van der Waals surface area contributed by atoms with Gasteiger partial charge in [0.2, 0.25) is 0 Å². The van der Waals surface area contributed by atoms with Crippen LogP contribution in [0.15, 0.2) is 42.9 Å². The lowest BCUT2D eigenvalue weighted by Gasteiger charge is -2.11. The SMILES string of the molecule is NCC(c1ccccn1)c1ncccn1. The number of hydrogen-bond donors (Lipinski definition) is 1. The fraction of sp³-hybridized carbons (Fsp3) is 0.182. The maximum Gasteiger partial charge on any atom is 0.138 e. The van der Waals surface area contributed by atoms with Crippen LogP contribution in [0.2, 0.25) is 0 Å². The van der Waals surface area contributed by atoms with Gasteiger partial charge in [0.1, 0.15) is 5.82 Å². The number of pyridine rings is 1. The summed E-state index contributed by atoms with van der Waals surface area (Å²) >= 11 is 0. The zero-order valence-corrected chi connectivity index (χ0v) is 8.24. The fourth-order valence-electron chi connectivity index (χ4n) is 1.43. The summed E-state index contributed by atoms with van der Waals surface area (Å²) in [6.45, 7) is 0.459. The van der Waals surface area contributed by atoms with E-state index in [1.165, 1.54) is 0 Å². The topological polar surface area (TPSA) is 64.7 Å². The highest BCUT2D eigenvalue weighted by atomic mass is 14.9. The van der Waals surface area contributed by atoms with Crippen molar-refractivity contribution < 1.29 is 0 Å². The maximum atomic E-state index is 5.72. The Balaban J connectivity index is 2.34. The second-order valence-electron chi connectivity index (χ2n) is 3.15. The van der Waals surface area contributed by atoms with E-state index in [4.69, 9.17) is 5.73 Å². The first-order valence-electron chi connectivity index (χ1n) is 4.79. The van der Waals surface area contributed by atoms with Crippen LogP contribution in [-0.4, -0.2) is 21.5 Å². The first-order chi connectivity index (χ1) is 7.42. The number of rotatable bonds is 3. The maximum absolute atomic E-state index is 5.72. The molecule has 0 spiro atoms. The summed E-state index contributed by atoms with van der Waals surface area (Å²) in [5.41, 5.74) is 6.63. The second-order valence-corrected chi connectivity index (χ2v) is 3.15. The minimum atomic E-state index is -0.0209. The van der Waals surface area contributed by atoms with E-state index in [1.807, 2.05) is 18.2 Å². The molecule has 0 amide bonds. The van der Waals surface area contributed by atoms with Crippen molar-refractivity contribution in [2.24, 2.45) is 5.73 Å². The molecule has 2 aromatic heterocycles. The van der Waals surface area contributed by atoms with Gasteiger partial charge in [-0.3, -0.25) is 4.98 Å². The van der Waals surface area contributed by atoms with Crippen LogP contribution >= 0.6 is 0 Å². The molecule has 15 heavy (non-hydrogen) atoms. The molecule has 76 valence electrons. The number of nitrogens with zero attached hydrogens (tertiary/aromatic N) is 3. The van der Waals surface area contributed by atoms with Gasteiger partial charge in [0.15, 0.2) is 0 Å². The first kappa shape index (κ1) is 9.73. The molecule has 4 nitrogen and oxygen atoms in total. The summed E-state index contributed by atoms with van der Waals surface area (Å²) in [6.07, 6.45) is 5.18. The summed E-state index contributed by atoms with van der Waals surface area (Å²) in [4.78, 5) is 12.7. The van der Waals surface area contributed by atoms with Gasteiger partial charge in [-0.25, -0.2) is 9.97 Å². The van der Waals surface area contributed by atoms with Gasteiger partial charge in [-0.1, -0.05) is 6.07 Å². The van der Waals surface area contributed by atoms with Crippen molar-refractivity contribution in [1.82, 2.24) is 15.0 Å². The van der Waals surface area contributed by atoms with Crippen molar-refractivity contribution in [2.75, 3.05) is 6.54 Å². The molecule has 0 saturated carbocycles. The Kier molecular flexibility index (Phi) is 2.99. The normalized spacial score (nSPS) is 12.3. The van der Waals surface area contributed by atoms with Crippen LogP contribution in [0.3, 0.4) is 0 Å². The summed E-state index contributed by atoms with van der Waals surface area (Å²) < 4.78 is 0. The molecule has 0 aliphatic heterocycles. The van der Waals surface area contributed by atoms with Gasteiger partial charge in [0.05, 0.1) is 11.6 Å². The van der Waals surface area contributed by atoms with Gasteiger partial charge in [-0.2, -0.15) is 0 Å². The molecule has 1 atom stereocenters. The summed E-state index contributed by atoms with van der Waals surface area (Å²) in [7, 11) is 0. The largest absolute Gasteiger partial charge is 0.329 e. The molecule has 0 aliphatic rings. The van der Waals surface area contributed by atoms with E-state index in [0.29, 0.717) is 6.54 Å². The van der Waals surface area contributed by atoms with E-state index in [2.05, 4.69) is 15.0 Å². The predicted octanol–water partition coefficient (Wildman–Crippen LogP) is 0.962. The monoisotopic (exact) mass is 200 g/mol. The Hall–Kier alpha value is -1.81. The molecule has 1 unspecified atom stereocenters. The van der Waals surface area contributed by atoms with E-state index >= 15 is 0 Å². The van der Waals surface area contributed by atoms with Crippen LogP contribution in [-0.2, 0) is 0 Å². The van der Waals surface area contributed by atoms with Gasteiger partial charge in [-0.05, 0) is 18.2 Å². The average molecular weight is 200 g/mol. The Morgan fingerprint density at radius 2 is 1.73 bits per heavy atom. The molecule has 0 fully saturated rings. The molecule has 4 heteroatoms. The highest BCUT2D eigenvalue weighted by molar-refractivity contribution is 5.18. The molecule has 2 heterocycles. The minimum Gasteiger partial charge on any atom is -0.329 e. The molecule has 0 radical (unpaired) electrons. The molecule has 0 aliphatic carbocycles. The molecule has 0 saturated heterocycles. The van der Waals surface area contributed by atoms with Crippen LogP contribution in [0.1, 0.15) is 17.4 Å². The molecule has 0 aromatic carbocycles. The fourth-order valence-corrected chi connectivity index (χ4v) is 1.43. The van der Waals surface area contributed by atoms with Crippen molar-refractivity contribution >= 4 is 0 Å². The highest BCUT2D eigenvalue weighted by Crippen LogP contribution is 2.16. The van der Waals surface area contributed by atoms with E-state index < -0.39 is 0 Å². The molecule has 2 rings (SSSR count). The molecule has 2 N–H and O–H groups in total. The lowest BCUT2D eigenvalue weighted by atomic mass is 10.0. The van der Waals surface area contributed by atoms with Crippen LogP contribution in [0.5, 0.6) is 0 Å². The third-order valence-electron chi connectivity index (χ3n) is 2.18. The molecule has 0 bridgehead atoms. The van der Waals surface area contributed by atoms with Gasteiger partial charge in [0.25, 0.3) is 0 Å². The lowest BCUT2D eigenvalue weighted by Crippen LogP contribution is -2.17. The summed E-state index contributed by atoms with van der Waals surface area (Å²) in [5, 5.41) is 0. The Morgan fingerprint density at radius 1 is 1.00 bits per heavy atom. The Morgan fingerprint density at radius 3 is 2.33 bits per heavy atom. The third kappa shape index (κ3) is 2.16. The lowest BCUT2D eigenvalue weighted by molar-refractivity contribution is 0.726. The van der Waals surface area contributed by atoms with Crippen molar-refractivity contribution in [3.05, 3.63) is 54.4 Å².